The van der Waals surface area contributed by atoms with Gasteiger partial charge in [0.1, 0.15) is 5.75 Å². The Labute approximate surface area is 150 Å². The molecule has 1 heterocycles. The number of hydrogen-bond donors (Lipinski definition) is 2. The molecule has 3 rings (SSSR count). The zero-order valence-electron chi connectivity index (χ0n) is 14.5. The molecule has 1 saturated carbocycles. The molecule has 1 aromatic carbocycles. The molecule has 1 aliphatic rings. The molecule has 0 spiro atoms. The SMILES string of the molecule is COc1ccc(-c2noc(CCC(=O)N[C@H]3CC[C@@H](C(=O)O)C3)n2)cc1. The van der Waals surface area contributed by atoms with Crippen molar-refractivity contribution >= 4 is 11.9 Å². The third kappa shape index (κ3) is 4.38. The van der Waals surface area contributed by atoms with Gasteiger partial charge < -0.3 is 19.7 Å². The van der Waals surface area contributed by atoms with Crippen LogP contribution < -0.4 is 10.1 Å². The van der Waals surface area contributed by atoms with Gasteiger partial charge in [0, 0.05) is 24.4 Å². The van der Waals surface area contributed by atoms with Gasteiger partial charge in [0.25, 0.3) is 0 Å². The molecule has 0 aliphatic heterocycles. The van der Waals surface area contributed by atoms with Crippen LogP contribution in [0, 0.1) is 5.92 Å². The standard InChI is InChI=1S/C18H21N3O5/c1-25-14-6-3-11(4-7-14)17-20-16(26-21-17)9-8-15(22)19-13-5-2-12(10-13)18(23)24/h3-4,6-7,12-13H,2,5,8-10H2,1H3,(H,19,22)(H,23,24)/t12-,13+/m1/s1. The highest BCUT2D eigenvalue weighted by Crippen LogP contribution is 2.25. The maximum atomic E-state index is 12.0. The van der Waals surface area contributed by atoms with E-state index in [0.29, 0.717) is 37.4 Å². The predicted molar refractivity (Wildman–Crippen MR) is 91.5 cm³/mol. The van der Waals surface area contributed by atoms with Crippen LogP contribution in [0.5, 0.6) is 5.75 Å². The lowest BCUT2D eigenvalue weighted by Crippen LogP contribution is -2.33. The molecule has 0 bridgehead atoms. The minimum Gasteiger partial charge on any atom is -0.497 e. The summed E-state index contributed by atoms with van der Waals surface area (Å²) in [4.78, 5) is 27.3. The van der Waals surface area contributed by atoms with Crippen molar-refractivity contribution in [3.8, 4) is 17.1 Å². The summed E-state index contributed by atoms with van der Waals surface area (Å²) in [5.74, 6) is 0.308. The molecule has 26 heavy (non-hydrogen) atoms. The Morgan fingerprint density at radius 1 is 1.31 bits per heavy atom. The average molecular weight is 359 g/mol. The topological polar surface area (TPSA) is 115 Å². The highest BCUT2D eigenvalue weighted by atomic mass is 16.5. The Morgan fingerprint density at radius 2 is 2.08 bits per heavy atom. The molecule has 0 radical (unpaired) electrons. The van der Waals surface area contributed by atoms with Gasteiger partial charge in [-0.25, -0.2) is 0 Å². The number of nitrogens with one attached hydrogen (secondary N) is 1. The zero-order valence-corrected chi connectivity index (χ0v) is 14.5. The van der Waals surface area contributed by atoms with Crippen molar-refractivity contribution in [2.45, 2.75) is 38.1 Å². The summed E-state index contributed by atoms with van der Waals surface area (Å²) in [5, 5.41) is 15.8. The van der Waals surface area contributed by atoms with Gasteiger partial charge in [0.05, 0.1) is 13.0 Å². The number of methoxy groups -OCH3 is 1. The Bertz CT molecular complexity index is 771. The number of ether oxygens (including phenoxy) is 1. The first-order valence-corrected chi connectivity index (χ1v) is 8.54. The normalized spacial score (nSPS) is 19.3. The quantitative estimate of drug-likeness (QED) is 0.777. The number of aryl methyl sites for hydroxylation is 1. The van der Waals surface area contributed by atoms with E-state index in [1.54, 1.807) is 7.11 Å². The van der Waals surface area contributed by atoms with Gasteiger partial charge in [-0.3, -0.25) is 9.59 Å². The Morgan fingerprint density at radius 3 is 2.73 bits per heavy atom. The van der Waals surface area contributed by atoms with Crippen LogP contribution in [0.25, 0.3) is 11.4 Å². The lowest BCUT2D eigenvalue weighted by atomic mass is 10.1. The molecular formula is C18H21N3O5. The molecule has 8 heteroatoms. The van der Waals surface area contributed by atoms with E-state index in [4.69, 9.17) is 14.4 Å². The zero-order chi connectivity index (χ0) is 18.5. The number of carboxylic acids is 1. The number of carboxylic acid groups (broad SMARTS) is 1. The van der Waals surface area contributed by atoms with Crippen molar-refractivity contribution in [2.75, 3.05) is 7.11 Å². The molecule has 1 aromatic heterocycles. The molecule has 1 aliphatic carbocycles. The molecule has 138 valence electrons. The lowest BCUT2D eigenvalue weighted by molar-refractivity contribution is -0.141. The number of rotatable bonds is 7. The van der Waals surface area contributed by atoms with Crippen molar-refractivity contribution in [1.29, 1.82) is 0 Å². The maximum absolute atomic E-state index is 12.0. The second-order valence-corrected chi connectivity index (χ2v) is 6.35. The fourth-order valence-corrected chi connectivity index (χ4v) is 3.07. The van der Waals surface area contributed by atoms with E-state index in [-0.39, 0.29) is 24.3 Å². The van der Waals surface area contributed by atoms with Crippen LogP contribution in [0.4, 0.5) is 0 Å². The number of carbonyl (C=O) groups is 2. The van der Waals surface area contributed by atoms with Crippen LogP contribution in [-0.2, 0) is 16.0 Å². The van der Waals surface area contributed by atoms with Gasteiger partial charge in [0.15, 0.2) is 0 Å². The van der Waals surface area contributed by atoms with Gasteiger partial charge in [-0.1, -0.05) is 5.16 Å². The van der Waals surface area contributed by atoms with E-state index < -0.39 is 5.97 Å². The molecular weight excluding hydrogens is 338 g/mol. The fraction of sp³-hybridized carbons (Fsp3) is 0.444. The van der Waals surface area contributed by atoms with Crippen LogP contribution >= 0.6 is 0 Å². The summed E-state index contributed by atoms with van der Waals surface area (Å²) >= 11 is 0. The molecule has 2 N–H and O–H groups in total. The monoisotopic (exact) mass is 359 g/mol. The Kier molecular flexibility index (Phi) is 5.50. The van der Waals surface area contributed by atoms with Gasteiger partial charge in [-0.15, -0.1) is 0 Å². The average Bonchev–Trinajstić information content (AvgIpc) is 3.29. The van der Waals surface area contributed by atoms with Crippen LogP contribution in [0.2, 0.25) is 0 Å². The van der Waals surface area contributed by atoms with Crippen LogP contribution in [0.1, 0.15) is 31.6 Å². The smallest absolute Gasteiger partial charge is 0.306 e. The maximum Gasteiger partial charge on any atom is 0.306 e. The highest BCUT2D eigenvalue weighted by molar-refractivity contribution is 5.77. The molecule has 2 atom stereocenters. The highest BCUT2D eigenvalue weighted by Gasteiger charge is 2.30. The molecule has 2 aromatic rings. The number of nitrogens with zero attached hydrogens (tertiary/aromatic N) is 2. The first kappa shape index (κ1) is 17.9. The summed E-state index contributed by atoms with van der Waals surface area (Å²) in [6.07, 6.45) is 2.35. The third-order valence-electron chi connectivity index (χ3n) is 4.53. The molecule has 0 saturated heterocycles. The van der Waals surface area contributed by atoms with E-state index in [9.17, 15) is 9.59 Å². The third-order valence-corrected chi connectivity index (χ3v) is 4.53. The van der Waals surface area contributed by atoms with E-state index >= 15 is 0 Å². The second kappa shape index (κ2) is 7.99. The van der Waals surface area contributed by atoms with Crippen LogP contribution in [0.15, 0.2) is 28.8 Å². The summed E-state index contributed by atoms with van der Waals surface area (Å²) < 4.78 is 10.3. The number of carbonyl (C=O) groups excluding carboxylic acids is 1. The summed E-state index contributed by atoms with van der Waals surface area (Å²) in [6, 6.07) is 7.22. The van der Waals surface area contributed by atoms with Crippen molar-refractivity contribution in [3.05, 3.63) is 30.2 Å². The molecule has 1 fully saturated rings. The summed E-state index contributed by atoms with van der Waals surface area (Å²) in [5.41, 5.74) is 0.802. The van der Waals surface area contributed by atoms with E-state index in [1.165, 1.54) is 0 Å². The van der Waals surface area contributed by atoms with Gasteiger partial charge >= 0.3 is 5.97 Å². The van der Waals surface area contributed by atoms with E-state index in [0.717, 1.165) is 11.3 Å². The summed E-state index contributed by atoms with van der Waals surface area (Å²) in [6.45, 7) is 0. The number of aromatic nitrogens is 2. The van der Waals surface area contributed by atoms with Crippen molar-refractivity contribution < 1.29 is 24.0 Å². The van der Waals surface area contributed by atoms with E-state index in [1.807, 2.05) is 24.3 Å². The Hall–Kier alpha value is -2.90. The largest absolute Gasteiger partial charge is 0.497 e. The first-order valence-electron chi connectivity index (χ1n) is 8.54. The number of amides is 1. The van der Waals surface area contributed by atoms with Gasteiger partial charge in [-0.05, 0) is 43.5 Å². The van der Waals surface area contributed by atoms with Crippen LogP contribution in [0.3, 0.4) is 0 Å². The fourth-order valence-electron chi connectivity index (χ4n) is 3.07. The minimum absolute atomic E-state index is 0.0684. The Balaban J connectivity index is 1.48. The van der Waals surface area contributed by atoms with Gasteiger partial charge in [-0.2, -0.15) is 4.98 Å². The molecule has 1 amide bonds. The van der Waals surface area contributed by atoms with Crippen LogP contribution in [-0.4, -0.2) is 40.3 Å². The molecule has 0 unspecified atom stereocenters. The van der Waals surface area contributed by atoms with E-state index in [2.05, 4.69) is 15.5 Å². The number of aliphatic carboxylic acids is 1. The second-order valence-electron chi connectivity index (χ2n) is 6.35. The van der Waals surface area contributed by atoms with Crippen molar-refractivity contribution in [3.63, 3.8) is 0 Å². The number of benzene rings is 1. The number of hydrogen-bond acceptors (Lipinski definition) is 6. The van der Waals surface area contributed by atoms with Crippen molar-refractivity contribution in [1.82, 2.24) is 15.5 Å². The first-order chi connectivity index (χ1) is 12.5. The lowest BCUT2D eigenvalue weighted by Gasteiger charge is -2.11. The molecule has 8 nitrogen and oxygen atoms in total. The predicted octanol–water partition coefficient (Wildman–Crippen LogP) is 2.05. The van der Waals surface area contributed by atoms with Gasteiger partial charge in [0.2, 0.25) is 17.6 Å². The minimum atomic E-state index is -0.793. The summed E-state index contributed by atoms with van der Waals surface area (Å²) in [7, 11) is 1.60. The van der Waals surface area contributed by atoms with Crippen molar-refractivity contribution in [2.24, 2.45) is 5.92 Å².